The summed E-state index contributed by atoms with van der Waals surface area (Å²) < 4.78 is 4.32. The molecule has 14 heavy (non-hydrogen) atoms. The first kappa shape index (κ1) is 9.96. The number of H-pyrrole nitrogens is 1. The molecule has 0 atom stereocenters. The molecular formula is C6H9N5O3. The first-order chi connectivity index (χ1) is 6.65. The number of nitrogen functional groups attached to an aromatic ring is 1. The maximum atomic E-state index is 11.2. The van der Waals surface area contributed by atoms with Gasteiger partial charge in [0, 0.05) is 0 Å². The molecule has 1 aromatic rings. The van der Waals surface area contributed by atoms with E-state index in [1.165, 1.54) is 7.11 Å². The minimum absolute atomic E-state index is 0.0210. The Labute approximate surface area is 78.8 Å². The maximum Gasteiger partial charge on any atom is 0.325 e. The van der Waals surface area contributed by atoms with E-state index in [1.807, 2.05) is 0 Å². The van der Waals surface area contributed by atoms with Crippen LogP contribution in [0, 0.1) is 0 Å². The monoisotopic (exact) mass is 199 g/mol. The third-order valence-electron chi connectivity index (χ3n) is 1.41. The van der Waals surface area contributed by atoms with Crippen molar-refractivity contribution < 1.29 is 14.3 Å². The minimum Gasteiger partial charge on any atom is -0.468 e. The van der Waals surface area contributed by atoms with Crippen molar-refractivity contribution in [2.45, 2.75) is 0 Å². The first-order valence-electron chi connectivity index (χ1n) is 3.66. The van der Waals surface area contributed by atoms with Gasteiger partial charge >= 0.3 is 5.97 Å². The third kappa shape index (κ3) is 2.19. The van der Waals surface area contributed by atoms with Gasteiger partial charge in [-0.2, -0.15) is 5.21 Å². The third-order valence-corrected chi connectivity index (χ3v) is 1.41. The normalized spacial score (nSPS) is 9.50. The number of nitrogens with zero attached hydrogens (tertiary/aromatic N) is 2. The summed E-state index contributed by atoms with van der Waals surface area (Å²) >= 11 is 0. The van der Waals surface area contributed by atoms with Gasteiger partial charge in [-0.3, -0.25) is 9.59 Å². The highest BCUT2D eigenvalue weighted by atomic mass is 16.5. The Morgan fingerprint density at radius 3 is 2.79 bits per heavy atom. The van der Waals surface area contributed by atoms with E-state index in [0.717, 1.165) is 0 Å². The number of carbonyl (C=O) groups is 2. The molecule has 8 heteroatoms. The van der Waals surface area contributed by atoms with Crippen molar-refractivity contribution in [1.29, 1.82) is 0 Å². The number of amides is 1. The van der Waals surface area contributed by atoms with E-state index in [-0.39, 0.29) is 18.1 Å². The summed E-state index contributed by atoms with van der Waals surface area (Å²) in [7, 11) is 1.22. The molecule has 0 unspecified atom stereocenters. The number of hydrogen-bond acceptors (Lipinski definition) is 6. The Morgan fingerprint density at radius 1 is 1.57 bits per heavy atom. The van der Waals surface area contributed by atoms with Crippen molar-refractivity contribution in [3.05, 3.63) is 5.69 Å². The van der Waals surface area contributed by atoms with Crippen LogP contribution in [0.4, 0.5) is 5.82 Å². The zero-order valence-corrected chi connectivity index (χ0v) is 7.40. The van der Waals surface area contributed by atoms with Crippen LogP contribution < -0.4 is 11.1 Å². The van der Waals surface area contributed by atoms with Crippen LogP contribution in [-0.2, 0) is 9.53 Å². The zero-order chi connectivity index (χ0) is 10.6. The second-order valence-electron chi connectivity index (χ2n) is 2.32. The lowest BCUT2D eigenvalue weighted by Gasteiger charge is -2.00. The number of hydrogen-bond donors (Lipinski definition) is 3. The fourth-order valence-corrected chi connectivity index (χ4v) is 0.715. The van der Waals surface area contributed by atoms with Gasteiger partial charge in [0.05, 0.1) is 7.11 Å². The van der Waals surface area contributed by atoms with Crippen molar-refractivity contribution in [1.82, 2.24) is 20.7 Å². The van der Waals surface area contributed by atoms with Crippen LogP contribution in [0.15, 0.2) is 0 Å². The Bertz CT molecular complexity index is 347. The molecular weight excluding hydrogens is 190 g/mol. The van der Waals surface area contributed by atoms with Crippen molar-refractivity contribution >= 4 is 17.7 Å². The van der Waals surface area contributed by atoms with E-state index in [9.17, 15) is 9.59 Å². The number of aromatic amines is 1. The molecule has 1 rings (SSSR count). The van der Waals surface area contributed by atoms with Crippen molar-refractivity contribution in [2.24, 2.45) is 0 Å². The quantitative estimate of drug-likeness (QED) is 0.498. The van der Waals surface area contributed by atoms with E-state index >= 15 is 0 Å². The molecule has 8 nitrogen and oxygen atoms in total. The van der Waals surface area contributed by atoms with E-state index in [0.29, 0.717) is 0 Å². The number of aromatic nitrogens is 3. The molecule has 0 aliphatic rings. The summed E-state index contributed by atoms with van der Waals surface area (Å²) in [5, 5.41) is 11.4. The van der Waals surface area contributed by atoms with Gasteiger partial charge in [-0.05, 0) is 0 Å². The van der Waals surface area contributed by atoms with Crippen LogP contribution >= 0.6 is 0 Å². The van der Waals surface area contributed by atoms with Crippen LogP contribution in [0.1, 0.15) is 10.5 Å². The fourth-order valence-electron chi connectivity index (χ4n) is 0.715. The van der Waals surface area contributed by atoms with Crippen LogP contribution in [0.3, 0.4) is 0 Å². The van der Waals surface area contributed by atoms with Gasteiger partial charge in [-0.1, -0.05) is 0 Å². The summed E-state index contributed by atoms with van der Waals surface area (Å²) in [4.78, 5) is 21.9. The van der Waals surface area contributed by atoms with Crippen LogP contribution in [0.25, 0.3) is 0 Å². The van der Waals surface area contributed by atoms with Gasteiger partial charge in [0.1, 0.15) is 6.54 Å². The lowest BCUT2D eigenvalue weighted by atomic mass is 10.4. The summed E-state index contributed by atoms with van der Waals surface area (Å²) in [5.74, 6) is -1.16. The zero-order valence-electron chi connectivity index (χ0n) is 7.40. The summed E-state index contributed by atoms with van der Waals surface area (Å²) in [5.41, 5.74) is 5.25. The fraction of sp³-hybridized carbons (Fsp3) is 0.333. The van der Waals surface area contributed by atoms with Gasteiger partial charge in [-0.15, -0.1) is 10.2 Å². The van der Waals surface area contributed by atoms with E-state index in [4.69, 9.17) is 5.73 Å². The highest BCUT2D eigenvalue weighted by molar-refractivity contribution is 5.97. The van der Waals surface area contributed by atoms with Crippen LogP contribution in [0.5, 0.6) is 0 Å². The van der Waals surface area contributed by atoms with Gasteiger partial charge in [0.25, 0.3) is 5.91 Å². The van der Waals surface area contributed by atoms with Crippen LogP contribution in [0.2, 0.25) is 0 Å². The Balaban J connectivity index is 2.52. The van der Waals surface area contributed by atoms with Gasteiger partial charge in [0.2, 0.25) is 0 Å². The predicted molar refractivity (Wildman–Crippen MR) is 45.1 cm³/mol. The number of nitrogens with two attached hydrogens (primary N) is 1. The highest BCUT2D eigenvalue weighted by Crippen LogP contribution is 2.00. The minimum atomic E-state index is -0.582. The molecule has 0 bridgehead atoms. The second kappa shape index (κ2) is 4.21. The Morgan fingerprint density at radius 2 is 2.29 bits per heavy atom. The second-order valence-corrected chi connectivity index (χ2v) is 2.32. The standard InChI is InChI=1S/C6H9N5O3/c1-14-3(12)2-8-6(13)4-5(7)10-11-9-4/h2H2,1H3,(H,8,13)(H3,7,9,10,11). The molecule has 0 saturated heterocycles. The van der Waals surface area contributed by atoms with Crippen LogP contribution in [-0.4, -0.2) is 40.9 Å². The number of nitrogens with one attached hydrogen (secondary N) is 2. The smallest absolute Gasteiger partial charge is 0.325 e. The van der Waals surface area contributed by atoms with Crippen molar-refractivity contribution in [2.75, 3.05) is 19.4 Å². The SMILES string of the molecule is COC(=O)CNC(=O)c1n[nH]nc1N. The maximum absolute atomic E-state index is 11.2. The summed E-state index contributed by atoms with van der Waals surface area (Å²) in [6.45, 7) is -0.234. The van der Waals surface area contributed by atoms with Gasteiger partial charge in [-0.25, -0.2) is 0 Å². The Hall–Kier alpha value is -2.12. The number of rotatable bonds is 3. The lowest BCUT2D eigenvalue weighted by Crippen LogP contribution is -2.30. The predicted octanol–water partition coefficient (Wildman–Crippen LogP) is -1.71. The number of methoxy groups -OCH3 is 1. The molecule has 0 fully saturated rings. The largest absolute Gasteiger partial charge is 0.468 e. The van der Waals surface area contributed by atoms with Gasteiger partial charge < -0.3 is 15.8 Å². The molecule has 0 aliphatic carbocycles. The lowest BCUT2D eigenvalue weighted by molar-refractivity contribution is -0.139. The molecule has 1 aromatic heterocycles. The average Bonchev–Trinajstić information content (AvgIpc) is 2.60. The summed E-state index contributed by atoms with van der Waals surface area (Å²) in [6.07, 6.45) is 0. The van der Waals surface area contributed by atoms with E-state index in [2.05, 4.69) is 25.5 Å². The molecule has 0 saturated carbocycles. The van der Waals surface area contributed by atoms with E-state index < -0.39 is 11.9 Å². The summed E-state index contributed by atoms with van der Waals surface area (Å²) in [6, 6.07) is 0. The van der Waals surface area contributed by atoms with Gasteiger partial charge in [0.15, 0.2) is 11.5 Å². The molecule has 76 valence electrons. The topological polar surface area (TPSA) is 123 Å². The number of esters is 1. The van der Waals surface area contributed by atoms with Crippen molar-refractivity contribution in [3.63, 3.8) is 0 Å². The molecule has 0 aliphatic heterocycles. The number of carbonyl (C=O) groups excluding carboxylic acids is 2. The number of anilines is 1. The molecule has 0 radical (unpaired) electrons. The molecule has 1 heterocycles. The number of ether oxygens (including phenoxy) is 1. The molecule has 0 aromatic carbocycles. The van der Waals surface area contributed by atoms with Crippen molar-refractivity contribution in [3.8, 4) is 0 Å². The highest BCUT2D eigenvalue weighted by Gasteiger charge is 2.14. The molecule has 4 N–H and O–H groups in total. The molecule has 0 spiro atoms. The average molecular weight is 199 g/mol. The Kier molecular flexibility index (Phi) is 3.00. The molecule has 1 amide bonds. The first-order valence-corrected chi connectivity index (χ1v) is 3.66. The van der Waals surface area contributed by atoms with E-state index in [1.54, 1.807) is 0 Å².